The summed E-state index contributed by atoms with van der Waals surface area (Å²) in [5.41, 5.74) is 12.7. The van der Waals surface area contributed by atoms with Gasteiger partial charge in [-0.25, -0.2) is 0 Å². The molecule has 11 heteroatoms. The fourth-order valence-corrected chi connectivity index (χ4v) is 19.8. The van der Waals surface area contributed by atoms with Crippen molar-refractivity contribution in [3.63, 3.8) is 0 Å². The molecular formula is C24H48O3Pt2Si6-6. The minimum absolute atomic E-state index is 0. The summed E-state index contributed by atoms with van der Waals surface area (Å²) in [6.45, 7) is 53.9. The predicted octanol–water partition coefficient (Wildman–Crippen LogP) is 7.40. The zero-order valence-electron chi connectivity index (χ0n) is 23.9. The second-order valence-corrected chi connectivity index (χ2v) is 34.1. The summed E-state index contributed by atoms with van der Waals surface area (Å²) in [7, 11) is -10.4. The Bertz CT molecular complexity index is 532. The van der Waals surface area contributed by atoms with E-state index in [1.54, 1.807) is 22.8 Å². The summed E-state index contributed by atoms with van der Waals surface area (Å²) in [6.07, 6.45) is 0. The van der Waals surface area contributed by atoms with Crippen molar-refractivity contribution < 1.29 is 54.5 Å². The van der Waals surface area contributed by atoms with Crippen molar-refractivity contribution in [2.75, 3.05) is 0 Å². The number of hydrogen-bond acceptors (Lipinski definition) is 3. The van der Waals surface area contributed by atoms with Crippen LogP contribution in [0.2, 0.25) is 78.6 Å². The summed E-state index contributed by atoms with van der Waals surface area (Å²) in [5.74, 6) is 0. The average molecular weight is 943 g/mol. The van der Waals surface area contributed by atoms with Crippen molar-refractivity contribution in [1.82, 2.24) is 0 Å². The molecule has 0 aromatic carbocycles. The molecule has 0 unspecified atom stereocenters. The van der Waals surface area contributed by atoms with Crippen LogP contribution in [0.15, 0.2) is 36.0 Å². The molecule has 0 fully saturated rings. The van der Waals surface area contributed by atoms with Gasteiger partial charge in [-0.05, 0) is 52.4 Å². The zero-order valence-corrected chi connectivity index (χ0v) is 34.4. The third-order valence-corrected chi connectivity index (χ3v) is 21.4. The molecule has 0 heterocycles. The Morgan fingerprint density at radius 3 is 0.743 bits per heavy atom. The molecule has 212 valence electrons. The standard InChI is InChI=1S/3C8H16OSi2.2Pt/c3*1-7-10(3,4)9-11(5,6)8-2;;/h1-2H2,3-6H3;2*1-2,7-8H,3-6H3;;/q3*-2;;. The van der Waals surface area contributed by atoms with Crippen LogP contribution in [0.4, 0.5) is 0 Å². The molecule has 3 nitrogen and oxygen atoms in total. The summed E-state index contributed by atoms with van der Waals surface area (Å²) in [5, 5.41) is 0. The van der Waals surface area contributed by atoms with Gasteiger partial charge in [0.15, 0.2) is 33.3 Å². The topological polar surface area (TPSA) is 27.7 Å². The summed E-state index contributed by atoms with van der Waals surface area (Å²) in [4.78, 5) is 0. The van der Waals surface area contributed by atoms with Crippen LogP contribution < -0.4 is 0 Å². The van der Waals surface area contributed by atoms with E-state index in [2.05, 4.69) is 103 Å². The first-order valence-electron chi connectivity index (χ1n) is 10.9. The van der Waals surface area contributed by atoms with E-state index in [1.807, 2.05) is 0 Å². The molecule has 0 aliphatic carbocycles. The van der Waals surface area contributed by atoms with Crippen LogP contribution in [-0.4, -0.2) is 49.9 Å². The minimum Gasteiger partial charge on any atom is -0.520 e. The van der Waals surface area contributed by atoms with Crippen molar-refractivity contribution in [3.8, 4) is 0 Å². The molecule has 0 aromatic rings. The van der Waals surface area contributed by atoms with Gasteiger partial charge in [0.25, 0.3) is 0 Å². The van der Waals surface area contributed by atoms with Gasteiger partial charge < -0.3 is 50.1 Å². The molecule has 0 amide bonds. The molecule has 0 bridgehead atoms. The van der Waals surface area contributed by atoms with Crippen molar-refractivity contribution in [3.05, 3.63) is 73.7 Å². The van der Waals surface area contributed by atoms with E-state index in [4.69, 9.17) is 38.7 Å². The zero-order chi connectivity index (χ0) is 27.4. The van der Waals surface area contributed by atoms with Crippen LogP contribution in [0, 0.1) is 37.7 Å². The largest absolute Gasteiger partial charge is 0.520 e. The van der Waals surface area contributed by atoms with E-state index in [0.717, 1.165) is 0 Å². The van der Waals surface area contributed by atoms with E-state index in [1.165, 1.54) is 0 Å². The van der Waals surface area contributed by atoms with Crippen LogP contribution in [-0.2, 0) is 54.5 Å². The summed E-state index contributed by atoms with van der Waals surface area (Å²) in [6, 6.07) is 0. The fourth-order valence-electron chi connectivity index (χ4n) is 2.20. The van der Waals surface area contributed by atoms with E-state index in [9.17, 15) is 0 Å². The summed E-state index contributed by atoms with van der Waals surface area (Å²) < 4.78 is 17.5. The first-order chi connectivity index (χ1) is 14.5. The molecule has 35 heavy (non-hydrogen) atoms. The Morgan fingerprint density at radius 2 is 0.629 bits per heavy atom. The molecule has 0 saturated carbocycles. The van der Waals surface area contributed by atoms with Gasteiger partial charge in [0, 0.05) is 58.8 Å². The Kier molecular flexibility index (Phi) is 25.1. The average Bonchev–Trinajstić information content (AvgIpc) is 2.67. The Hall–Kier alpha value is 0.998. The number of hydrogen-bond donors (Lipinski definition) is 0. The van der Waals surface area contributed by atoms with Crippen molar-refractivity contribution in [2.45, 2.75) is 78.6 Å². The van der Waals surface area contributed by atoms with Gasteiger partial charge >= 0.3 is 0 Å². The van der Waals surface area contributed by atoms with Gasteiger partial charge in [0.05, 0.1) is 0 Å². The normalized spacial score (nSPS) is 12.0. The molecule has 0 atom stereocenters. The quantitative estimate of drug-likeness (QED) is 0.151. The third-order valence-electron chi connectivity index (χ3n) is 4.02. The van der Waals surface area contributed by atoms with Crippen LogP contribution >= 0.6 is 0 Å². The van der Waals surface area contributed by atoms with Crippen molar-refractivity contribution in [2.24, 2.45) is 0 Å². The van der Waals surface area contributed by atoms with Gasteiger partial charge in [0.2, 0.25) is 0 Å². The summed E-state index contributed by atoms with van der Waals surface area (Å²) >= 11 is 0. The first-order valence-corrected chi connectivity index (χ1v) is 28.7. The second-order valence-electron chi connectivity index (χ2n) is 10.8. The molecular weight excluding hydrogens is 895 g/mol. The molecule has 0 N–H and O–H groups in total. The maximum Gasteiger partial charge on any atom is 0.163 e. The first kappa shape index (κ1) is 45.9. The Morgan fingerprint density at radius 1 is 0.457 bits per heavy atom. The second kappa shape index (κ2) is 19.1. The fraction of sp³-hybridized carbons (Fsp3) is 0.500. The molecule has 0 rings (SSSR count). The van der Waals surface area contributed by atoms with Crippen molar-refractivity contribution >= 4 is 49.9 Å². The van der Waals surface area contributed by atoms with E-state index < -0.39 is 49.9 Å². The van der Waals surface area contributed by atoms with Gasteiger partial charge in [-0.2, -0.15) is 0 Å². The number of rotatable bonds is 12. The molecule has 0 aromatic heterocycles. The van der Waals surface area contributed by atoms with Gasteiger partial charge in [-0.15, -0.1) is 0 Å². The third kappa shape index (κ3) is 27.8. The Labute approximate surface area is 254 Å². The predicted molar refractivity (Wildman–Crippen MR) is 161 cm³/mol. The van der Waals surface area contributed by atoms with Gasteiger partial charge in [-0.3, -0.25) is 36.0 Å². The minimum atomic E-state index is -1.74. The maximum atomic E-state index is 5.85. The van der Waals surface area contributed by atoms with E-state index in [-0.39, 0.29) is 42.1 Å². The molecule has 0 aliphatic heterocycles. The molecule has 0 radical (unpaired) electrons. The SMILES string of the molecule is C=[C-][Si](C)(C)O[Si](C)(C)[C-]=C.[CH-]=C[Si](C)(C)O[Si](C)(C)C=[CH-].[CH-]=C[Si](C)(C)O[Si](C)(C)C=[CH-].[Pt].[Pt]. The van der Waals surface area contributed by atoms with Crippen LogP contribution in [0.5, 0.6) is 0 Å². The Balaban J connectivity index is -0.000000125. The maximum absolute atomic E-state index is 5.85. The van der Waals surface area contributed by atoms with Crippen LogP contribution in [0.1, 0.15) is 0 Å². The monoisotopic (exact) mass is 942 g/mol. The van der Waals surface area contributed by atoms with Gasteiger partial charge in [0.1, 0.15) is 0 Å². The smallest absolute Gasteiger partial charge is 0.163 e. The molecule has 0 aliphatic rings. The van der Waals surface area contributed by atoms with Crippen LogP contribution in [0.3, 0.4) is 0 Å². The van der Waals surface area contributed by atoms with Gasteiger partial charge in [-0.1, -0.05) is 26.2 Å². The van der Waals surface area contributed by atoms with Crippen LogP contribution in [0.25, 0.3) is 0 Å². The van der Waals surface area contributed by atoms with E-state index in [0.29, 0.717) is 0 Å². The van der Waals surface area contributed by atoms with Crippen molar-refractivity contribution in [1.29, 1.82) is 0 Å². The molecule has 0 saturated heterocycles. The molecule has 0 spiro atoms. The van der Waals surface area contributed by atoms with E-state index >= 15 is 0 Å².